The van der Waals surface area contributed by atoms with Gasteiger partial charge in [0.05, 0.1) is 0 Å². The first-order chi connectivity index (χ1) is 4.02. The lowest BCUT2D eigenvalue weighted by molar-refractivity contribution is -0.114. The molecule has 9 heavy (non-hydrogen) atoms. The standard InChI is InChI=1S/C3H5O5P/c4-1-3(2-5)9(6,7)8/h1-3H,(H2,6,7,8). The predicted octanol–water partition coefficient (Wildman–Crippen LogP) is -1.07. The first-order valence-electron chi connectivity index (χ1n) is 1.98. The van der Waals surface area contributed by atoms with Crippen LogP contribution in [-0.4, -0.2) is 28.0 Å². The van der Waals surface area contributed by atoms with E-state index in [0.29, 0.717) is 0 Å². The van der Waals surface area contributed by atoms with E-state index < -0.39 is 13.3 Å². The molecule has 0 aliphatic rings. The maximum atomic E-state index is 10.0. The van der Waals surface area contributed by atoms with Gasteiger partial charge in [-0.1, -0.05) is 0 Å². The maximum absolute atomic E-state index is 10.0. The monoisotopic (exact) mass is 152 g/mol. The highest BCUT2D eigenvalue weighted by Gasteiger charge is 2.27. The summed E-state index contributed by atoms with van der Waals surface area (Å²) in [5.41, 5.74) is -1.79. The molecule has 0 saturated heterocycles. The zero-order valence-corrected chi connectivity index (χ0v) is 5.19. The van der Waals surface area contributed by atoms with Crippen molar-refractivity contribution in [2.24, 2.45) is 0 Å². The van der Waals surface area contributed by atoms with Crippen molar-refractivity contribution >= 4 is 20.2 Å². The molecule has 0 amide bonds. The van der Waals surface area contributed by atoms with Crippen molar-refractivity contribution in [3.63, 3.8) is 0 Å². The van der Waals surface area contributed by atoms with Crippen LogP contribution in [0, 0.1) is 0 Å². The second kappa shape index (κ2) is 2.87. The summed E-state index contributed by atoms with van der Waals surface area (Å²) < 4.78 is 10.0. The van der Waals surface area contributed by atoms with Crippen LogP contribution in [0.1, 0.15) is 0 Å². The highest BCUT2D eigenvalue weighted by atomic mass is 31.2. The van der Waals surface area contributed by atoms with Gasteiger partial charge in [0.25, 0.3) is 0 Å². The Morgan fingerprint density at radius 2 is 1.56 bits per heavy atom. The number of hydrogen-bond acceptors (Lipinski definition) is 3. The lowest BCUT2D eigenvalue weighted by Gasteiger charge is -2.02. The molecule has 0 aromatic heterocycles. The van der Waals surface area contributed by atoms with Crippen molar-refractivity contribution in [3.05, 3.63) is 0 Å². The normalized spacial score (nSPS) is 11.4. The predicted molar refractivity (Wildman–Crippen MR) is 28.0 cm³/mol. The average molecular weight is 152 g/mol. The first-order valence-corrected chi connectivity index (χ1v) is 3.66. The molecule has 0 fully saturated rings. The van der Waals surface area contributed by atoms with Gasteiger partial charge in [-0.05, 0) is 0 Å². The van der Waals surface area contributed by atoms with Gasteiger partial charge < -0.3 is 19.4 Å². The molecule has 0 atom stereocenters. The van der Waals surface area contributed by atoms with Crippen molar-refractivity contribution in [1.82, 2.24) is 0 Å². The lowest BCUT2D eigenvalue weighted by Crippen LogP contribution is -2.10. The van der Waals surface area contributed by atoms with E-state index in [1.807, 2.05) is 0 Å². The fraction of sp³-hybridized carbons (Fsp3) is 0.333. The van der Waals surface area contributed by atoms with Gasteiger partial charge in [-0.3, -0.25) is 4.57 Å². The molecular weight excluding hydrogens is 147 g/mol. The average Bonchev–Trinajstić information content (AvgIpc) is 1.65. The summed E-state index contributed by atoms with van der Waals surface area (Å²) in [7, 11) is -4.51. The smallest absolute Gasteiger partial charge is 0.324 e. The molecule has 0 bridgehead atoms. The van der Waals surface area contributed by atoms with Crippen LogP contribution in [-0.2, 0) is 14.2 Å². The summed E-state index contributed by atoms with van der Waals surface area (Å²) >= 11 is 0. The molecule has 52 valence electrons. The number of hydrogen-bond donors (Lipinski definition) is 2. The van der Waals surface area contributed by atoms with Gasteiger partial charge >= 0.3 is 7.60 Å². The Labute approximate surface area is 50.8 Å². The molecule has 0 heterocycles. The van der Waals surface area contributed by atoms with Crippen LogP contribution in [0.5, 0.6) is 0 Å². The van der Waals surface area contributed by atoms with E-state index in [1.165, 1.54) is 0 Å². The van der Waals surface area contributed by atoms with E-state index in [4.69, 9.17) is 9.79 Å². The molecule has 0 aliphatic carbocycles. The molecule has 0 unspecified atom stereocenters. The van der Waals surface area contributed by atoms with E-state index in [1.54, 1.807) is 0 Å². The van der Waals surface area contributed by atoms with E-state index in [-0.39, 0.29) is 12.6 Å². The third kappa shape index (κ3) is 2.51. The molecule has 2 N–H and O–H groups in total. The van der Waals surface area contributed by atoms with Crippen LogP contribution in [0.2, 0.25) is 0 Å². The van der Waals surface area contributed by atoms with Gasteiger partial charge in [0, 0.05) is 0 Å². The second-order valence-corrected chi connectivity index (χ2v) is 3.13. The summed E-state index contributed by atoms with van der Waals surface area (Å²) in [6.45, 7) is 0. The van der Waals surface area contributed by atoms with Gasteiger partial charge in [0.15, 0.2) is 5.66 Å². The molecule has 6 heteroatoms. The van der Waals surface area contributed by atoms with E-state index in [9.17, 15) is 14.2 Å². The van der Waals surface area contributed by atoms with Crippen molar-refractivity contribution in [1.29, 1.82) is 0 Å². The molecule has 5 nitrogen and oxygen atoms in total. The first kappa shape index (κ1) is 8.49. The molecule has 0 aromatic carbocycles. The Hall–Kier alpha value is -0.510. The topological polar surface area (TPSA) is 91.7 Å². The molecule has 0 radical (unpaired) electrons. The summed E-state index contributed by atoms with van der Waals surface area (Å²) in [4.78, 5) is 35.6. The van der Waals surface area contributed by atoms with Crippen molar-refractivity contribution in [2.75, 3.05) is 0 Å². The second-order valence-electron chi connectivity index (χ2n) is 1.35. The van der Waals surface area contributed by atoms with Gasteiger partial charge in [-0.2, -0.15) is 0 Å². The summed E-state index contributed by atoms with van der Waals surface area (Å²) in [6, 6.07) is 0. The molecular formula is C3H5O5P. The van der Waals surface area contributed by atoms with Crippen LogP contribution >= 0.6 is 7.60 Å². The summed E-state index contributed by atoms with van der Waals surface area (Å²) in [6.07, 6.45) is -0.151. The Balaban J connectivity index is 4.30. The quantitative estimate of drug-likeness (QED) is 0.305. The number of carbonyl (C=O) groups excluding carboxylic acids is 2. The third-order valence-electron chi connectivity index (χ3n) is 0.667. The van der Waals surface area contributed by atoms with Crippen molar-refractivity contribution in [3.8, 4) is 0 Å². The van der Waals surface area contributed by atoms with Crippen molar-refractivity contribution in [2.45, 2.75) is 5.66 Å². The molecule has 0 saturated carbocycles. The number of carbonyl (C=O) groups is 2. The van der Waals surface area contributed by atoms with E-state index in [2.05, 4.69) is 0 Å². The number of aldehydes is 2. The molecule has 0 spiro atoms. The van der Waals surface area contributed by atoms with Crippen LogP contribution in [0.25, 0.3) is 0 Å². The SMILES string of the molecule is O=CC(C=O)P(=O)(O)O. The third-order valence-corrected chi connectivity index (χ3v) is 1.69. The highest BCUT2D eigenvalue weighted by Crippen LogP contribution is 2.38. The Bertz CT molecular complexity index is 150. The fourth-order valence-corrected chi connectivity index (χ4v) is 0.508. The van der Waals surface area contributed by atoms with Gasteiger partial charge in [-0.15, -0.1) is 0 Å². The minimum absolute atomic E-state index is 0.0756. The zero-order chi connectivity index (χ0) is 7.49. The van der Waals surface area contributed by atoms with Crippen LogP contribution in [0.4, 0.5) is 0 Å². The van der Waals surface area contributed by atoms with E-state index in [0.717, 1.165) is 0 Å². The number of rotatable bonds is 3. The largest absolute Gasteiger partial charge is 0.342 e. The minimum Gasteiger partial charge on any atom is -0.324 e. The maximum Gasteiger partial charge on any atom is 0.342 e. The highest BCUT2D eigenvalue weighted by molar-refractivity contribution is 7.54. The summed E-state index contributed by atoms with van der Waals surface area (Å²) in [5, 5.41) is 0. The van der Waals surface area contributed by atoms with Crippen LogP contribution < -0.4 is 0 Å². The summed E-state index contributed by atoms with van der Waals surface area (Å²) in [5.74, 6) is 0. The van der Waals surface area contributed by atoms with E-state index >= 15 is 0 Å². The molecule has 0 aromatic rings. The zero-order valence-electron chi connectivity index (χ0n) is 4.30. The lowest BCUT2D eigenvalue weighted by atomic mass is 10.5. The van der Waals surface area contributed by atoms with Gasteiger partial charge in [0.1, 0.15) is 12.6 Å². The fourth-order valence-electron chi connectivity index (χ4n) is 0.191. The van der Waals surface area contributed by atoms with Crippen molar-refractivity contribution < 1.29 is 23.9 Å². The molecule has 0 aliphatic heterocycles. The Morgan fingerprint density at radius 3 is 1.56 bits per heavy atom. The van der Waals surface area contributed by atoms with Crippen LogP contribution in [0.15, 0.2) is 0 Å². The Kier molecular flexibility index (Phi) is 2.70. The van der Waals surface area contributed by atoms with Crippen LogP contribution in [0.3, 0.4) is 0 Å². The Morgan fingerprint density at radius 1 is 1.22 bits per heavy atom. The van der Waals surface area contributed by atoms with Gasteiger partial charge in [0.2, 0.25) is 0 Å². The minimum atomic E-state index is -4.51. The molecule has 0 rings (SSSR count). The van der Waals surface area contributed by atoms with Gasteiger partial charge in [-0.25, -0.2) is 0 Å².